The number of halogens is 5. The molecule has 5 rings (SSSR count). The van der Waals surface area contributed by atoms with Gasteiger partial charge in [-0.2, -0.15) is 13.2 Å². The summed E-state index contributed by atoms with van der Waals surface area (Å²) in [7, 11) is 3.32. The first-order valence-corrected chi connectivity index (χ1v) is 15.4. The lowest BCUT2D eigenvalue weighted by Gasteiger charge is -2.46. The number of alkyl halides is 3. The minimum Gasteiger partial charge on any atom is -0.493 e. The van der Waals surface area contributed by atoms with Crippen molar-refractivity contribution in [3.8, 4) is 11.5 Å². The Bertz CT molecular complexity index is 1360. The van der Waals surface area contributed by atoms with Crippen LogP contribution in [-0.2, 0) is 10.2 Å². The van der Waals surface area contributed by atoms with Crippen LogP contribution in [0.1, 0.15) is 50.5 Å². The maximum Gasteiger partial charge on any atom is 0.490 e. The second-order valence-electron chi connectivity index (χ2n) is 11.9. The second kappa shape index (κ2) is 15.3. The lowest BCUT2D eigenvalue weighted by Crippen LogP contribution is -2.53. The number of piperidine rings is 1. The van der Waals surface area contributed by atoms with Crippen LogP contribution in [-0.4, -0.2) is 92.1 Å². The summed E-state index contributed by atoms with van der Waals surface area (Å²) in [6, 6.07) is 9.51. The molecule has 2 amide bonds. The summed E-state index contributed by atoms with van der Waals surface area (Å²) in [6.07, 6.45) is 2.43. The van der Waals surface area contributed by atoms with Crippen molar-refractivity contribution in [3.63, 3.8) is 0 Å². The van der Waals surface area contributed by atoms with Crippen molar-refractivity contribution in [2.75, 3.05) is 52.3 Å². The van der Waals surface area contributed by atoms with Crippen LogP contribution in [0, 0.1) is 11.6 Å². The molecule has 3 aliphatic rings. The van der Waals surface area contributed by atoms with Gasteiger partial charge in [0, 0.05) is 42.3 Å². The molecule has 1 aliphatic carbocycles. The van der Waals surface area contributed by atoms with Gasteiger partial charge in [0.05, 0.1) is 14.2 Å². The van der Waals surface area contributed by atoms with Gasteiger partial charge in [0.25, 0.3) is 0 Å². The molecule has 2 aliphatic heterocycles. The van der Waals surface area contributed by atoms with E-state index in [1.54, 1.807) is 14.2 Å². The molecule has 2 aromatic rings. The van der Waals surface area contributed by atoms with Crippen LogP contribution >= 0.6 is 0 Å². The zero-order valence-corrected chi connectivity index (χ0v) is 26.0. The average Bonchev–Trinajstić information content (AvgIpc) is 3.40. The van der Waals surface area contributed by atoms with E-state index in [9.17, 15) is 26.7 Å². The van der Waals surface area contributed by atoms with Crippen molar-refractivity contribution in [1.82, 2.24) is 15.1 Å². The van der Waals surface area contributed by atoms with E-state index in [2.05, 4.69) is 32.6 Å². The van der Waals surface area contributed by atoms with Crippen LogP contribution in [0.4, 0.5) is 32.4 Å². The molecule has 2 heterocycles. The highest BCUT2D eigenvalue weighted by atomic mass is 19.4. The van der Waals surface area contributed by atoms with Crippen molar-refractivity contribution >= 4 is 17.7 Å². The molecule has 9 nitrogen and oxygen atoms in total. The molecule has 3 N–H and O–H groups in total. The molecule has 3 fully saturated rings. The van der Waals surface area contributed by atoms with Crippen molar-refractivity contribution < 1.29 is 46.1 Å². The summed E-state index contributed by atoms with van der Waals surface area (Å²) in [4.78, 5) is 26.9. The van der Waals surface area contributed by atoms with Crippen LogP contribution < -0.4 is 20.1 Å². The Labute approximate surface area is 265 Å². The molecule has 1 saturated carbocycles. The zero-order valence-electron chi connectivity index (χ0n) is 26.0. The van der Waals surface area contributed by atoms with Crippen molar-refractivity contribution in [1.29, 1.82) is 0 Å². The maximum atomic E-state index is 13.6. The third-order valence-corrected chi connectivity index (χ3v) is 9.24. The molecule has 0 aromatic heterocycles. The van der Waals surface area contributed by atoms with E-state index in [0.29, 0.717) is 0 Å². The Morgan fingerprint density at radius 1 is 0.935 bits per heavy atom. The third kappa shape index (κ3) is 8.58. The fraction of sp³-hybridized carbons (Fsp3) is 0.562. The number of anilines is 1. The summed E-state index contributed by atoms with van der Waals surface area (Å²) >= 11 is 0. The Hall–Kier alpha value is -3.65. The molecule has 46 heavy (non-hydrogen) atoms. The van der Waals surface area contributed by atoms with E-state index in [4.69, 9.17) is 19.4 Å². The highest BCUT2D eigenvalue weighted by Gasteiger charge is 2.51. The quantitative estimate of drug-likeness (QED) is 0.310. The van der Waals surface area contributed by atoms with Crippen molar-refractivity contribution in [2.45, 2.75) is 68.6 Å². The Morgan fingerprint density at radius 2 is 1.63 bits per heavy atom. The summed E-state index contributed by atoms with van der Waals surface area (Å²) in [5.74, 6) is -3.22. The number of carboxylic acids is 1. The first-order chi connectivity index (χ1) is 21.9. The lowest BCUT2D eigenvalue weighted by molar-refractivity contribution is -0.192. The first kappa shape index (κ1) is 35.2. The number of carboxylic acid groups (broad SMARTS) is 1. The van der Waals surface area contributed by atoms with Crippen LogP contribution in [0.25, 0.3) is 0 Å². The van der Waals surface area contributed by atoms with Crippen LogP contribution in [0.3, 0.4) is 0 Å². The van der Waals surface area contributed by atoms with Crippen LogP contribution in [0.2, 0.25) is 0 Å². The number of hydrogen-bond acceptors (Lipinski definition) is 6. The number of benzene rings is 2. The summed E-state index contributed by atoms with van der Waals surface area (Å²) < 4.78 is 69.8. The SMILES string of the molecule is COc1ccc([C@@]23CC[C@@H](NC(=O)Nc4ccc(F)c(F)c4)C[C@@H]2N(CCN2CCCCC2)CC3)cc1OC.O=C(O)C(F)(F)F. The van der Waals surface area contributed by atoms with Gasteiger partial charge in [0.2, 0.25) is 0 Å². The van der Waals surface area contributed by atoms with Gasteiger partial charge < -0.3 is 30.1 Å². The van der Waals surface area contributed by atoms with Crippen LogP contribution in [0.5, 0.6) is 11.5 Å². The Kier molecular flexibility index (Phi) is 11.7. The van der Waals surface area contributed by atoms with E-state index in [0.717, 1.165) is 68.9 Å². The molecule has 0 radical (unpaired) electrons. The number of nitrogens with one attached hydrogen (secondary N) is 2. The summed E-state index contributed by atoms with van der Waals surface area (Å²) in [5.41, 5.74) is 1.46. The maximum absolute atomic E-state index is 13.6. The number of carbonyl (C=O) groups excluding carboxylic acids is 1. The van der Waals surface area contributed by atoms with E-state index in [-0.39, 0.29) is 23.2 Å². The van der Waals surface area contributed by atoms with E-state index < -0.39 is 29.8 Å². The smallest absolute Gasteiger partial charge is 0.490 e. The number of aliphatic carboxylic acids is 1. The predicted octanol–water partition coefficient (Wildman–Crippen LogP) is 5.79. The number of ether oxygens (including phenoxy) is 2. The number of fused-ring (bicyclic) bond motifs is 1. The summed E-state index contributed by atoms with van der Waals surface area (Å²) in [5, 5.41) is 12.9. The van der Waals surface area contributed by atoms with Crippen LogP contribution in [0.15, 0.2) is 36.4 Å². The highest BCUT2D eigenvalue weighted by molar-refractivity contribution is 5.89. The molecule has 0 bridgehead atoms. The molecule has 2 aromatic carbocycles. The molecule has 0 unspecified atom stereocenters. The van der Waals surface area contributed by atoms with Gasteiger partial charge in [-0.15, -0.1) is 0 Å². The van der Waals surface area contributed by atoms with Gasteiger partial charge in [-0.1, -0.05) is 12.5 Å². The summed E-state index contributed by atoms with van der Waals surface area (Å²) in [6.45, 7) is 5.43. The largest absolute Gasteiger partial charge is 0.493 e. The predicted molar refractivity (Wildman–Crippen MR) is 161 cm³/mol. The molecule has 254 valence electrons. The van der Waals surface area contributed by atoms with Gasteiger partial charge in [-0.25, -0.2) is 18.4 Å². The van der Waals surface area contributed by atoms with Gasteiger partial charge in [0.15, 0.2) is 23.1 Å². The fourth-order valence-electron chi connectivity index (χ4n) is 6.91. The standard InChI is InChI=1S/C30H40F2N4O3.C2HF3O2/c1-38-26-9-6-21(18-27(26)39-2)30-11-10-23(34-29(37)33-22-7-8-24(31)25(32)19-22)20-28(30)36(15-12-30)17-16-35-13-4-3-5-14-35;3-2(4,5)1(6)7/h6-9,18-19,23,28H,3-5,10-17,20H2,1-2H3,(H2,33,34,37);(H,6,7)/t23-,28+,30+;/m1./s1. The number of rotatable bonds is 8. The first-order valence-electron chi connectivity index (χ1n) is 15.4. The number of methoxy groups -OCH3 is 2. The van der Waals surface area contributed by atoms with E-state index in [1.165, 1.54) is 44.0 Å². The topological polar surface area (TPSA) is 103 Å². The lowest BCUT2D eigenvalue weighted by atomic mass is 9.65. The number of nitrogens with zero attached hydrogens (tertiary/aromatic N) is 2. The van der Waals surface area contributed by atoms with Gasteiger partial charge in [0.1, 0.15) is 0 Å². The zero-order chi connectivity index (χ0) is 33.5. The van der Waals surface area contributed by atoms with Crippen molar-refractivity contribution in [2.24, 2.45) is 0 Å². The molecular weight excluding hydrogens is 615 g/mol. The molecular formula is C32H41F5N4O5. The number of likely N-dealkylation sites (tertiary alicyclic amines) is 2. The molecule has 0 spiro atoms. The van der Waals surface area contributed by atoms with E-state index >= 15 is 0 Å². The fourth-order valence-corrected chi connectivity index (χ4v) is 6.91. The molecule has 14 heteroatoms. The van der Waals surface area contributed by atoms with E-state index in [1.807, 2.05) is 6.07 Å². The second-order valence-corrected chi connectivity index (χ2v) is 11.9. The van der Waals surface area contributed by atoms with Gasteiger partial charge >= 0.3 is 18.2 Å². The van der Waals surface area contributed by atoms with Gasteiger partial charge in [-0.3, -0.25) is 4.90 Å². The minimum absolute atomic E-state index is 0.0239. The van der Waals surface area contributed by atoms with Crippen molar-refractivity contribution in [3.05, 3.63) is 53.6 Å². The number of carbonyl (C=O) groups is 2. The molecule has 2 saturated heterocycles. The third-order valence-electron chi connectivity index (χ3n) is 9.24. The monoisotopic (exact) mass is 656 g/mol. The molecule has 3 atom stereocenters. The average molecular weight is 657 g/mol. The Balaban J connectivity index is 0.000000617. The minimum atomic E-state index is -5.08. The normalized spacial score (nSPS) is 23.5. The number of urea groups is 1. The van der Waals surface area contributed by atoms with Gasteiger partial charge in [-0.05, 0) is 88.0 Å². The number of hydrogen-bond donors (Lipinski definition) is 3. The highest BCUT2D eigenvalue weighted by Crippen LogP contribution is 2.50. The number of amides is 2. The Morgan fingerprint density at radius 3 is 2.26 bits per heavy atom.